The fraction of sp³-hybridized carbons (Fsp3) is 0.943. The van der Waals surface area contributed by atoms with E-state index in [-0.39, 0.29) is 0 Å². The Balaban J connectivity index is 3.01. The average Bonchev–Trinajstić information content (AvgIpc) is 2.91. The van der Waals surface area contributed by atoms with Crippen LogP contribution in [0.4, 0.5) is 0 Å². The Hall–Kier alpha value is -0.660. The second-order valence-electron chi connectivity index (χ2n) is 11.9. The van der Waals surface area contributed by atoms with Crippen molar-refractivity contribution in [1.29, 1.82) is 0 Å². The van der Waals surface area contributed by atoms with Gasteiger partial charge in [0.2, 0.25) is 0 Å². The van der Waals surface area contributed by atoms with E-state index in [1.165, 1.54) is 186 Å². The van der Waals surface area contributed by atoms with Gasteiger partial charge in [0.25, 0.3) is 0 Å². The Kier molecular flexibility index (Phi) is 34.7. The van der Waals surface area contributed by atoms with Gasteiger partial charge in [-0.2, -0.15) is 0 Å². The van der Waals surface area contributed by atoms with Gasteiger partial charge in [-0.3, -0.25) is 0 Å². The zero-order valence-electron chi connectivity index (χ0n) is 25.3. The summed E-state index contributed by atoms with van der Waals surface area (Å²) in [5.74, 6) is 0. The lowest BCUT2D eigenvalue weighted by Gasteiger charge is -2.04. The van der Waals surface area contributed by atoms with E-state index in [1.54, 1.807) is 0 Å². The van der Waals surface area contributed by atoms with Crippen LogP contribution in [0, 0.1) is 0 Å². The highest BCUT2D eigenvalue weighted by Crippen LogP contribution is 2.16. The number of hydrogen-bond acceptors (Lipinski definition) is 2. The minimum Gasteiger partial charge on any atom is -0.303 e. The summed E-state index contributed by atoms with van der Waals surface area (Å²) < 4.78 is 0. The third-order valence-electron chi connectivity index (χ3n) is 8.14. The van der Waals surface area contributed by atoms with Gasteiger partial charge < -0.3 is 9.59 Å². The van der Waals surface area contributed by atoms with E-state index in [0.29, 0.717) is 0 Å². The fourth-order valence-electron chi connectivity index (χ4n) is 5.58. The van der Waals surface area contributed by atoms with E-state index in [4.69, 9.17) is 0 Å². The third-order valence-corrected chi connectivity index (χ3v) is 8.14. The topological polar surface area (TPSA) is 34.1 Å². The van der Waals surface area contributed by atoms with Gasteiger partial charge in [0.15, 0.2) is 0 Å². The molecule has 0 aromatic carbocycles. The molecule has 0 amide bonds. The number of carbonyl (C=O) groups excluding carboxylic acids is 2. The summed E-state index contributed by atoms with van der Waals surface area (Å²) in [6.07, 6.45) is 47.0. The smallest absolute Gasteiger partial charge is 0.119 e. The van der Waals surface area contributed by atoms with Crippen LogP contribution >= 0.6 is 0 Å². The SMILES string of the molecule is O=CCCCCCCCCCCCCCCCCCCCCCCCCCCCCCCCCCC=O. The van der Waals surface area contributed by atoms with Crippen LogP contribution in [0.2, 0.25) is 0 Å². The lowest BCUT2D eigenvalue weighted by Crippen LogP contribution is -1.85. The van der Waals surface area contributed by atoms with E-state index in [0.717, 1.165) is 38.3 Å². The standard InChI is InChI=1S/C35H68O2/c36-34-32-30-28-26-24-22-20-18-16-14-12-10-8-6-4-2-1-3-5-7-9-11-13-15-17-19-21-23-25-27-29-31-33-35-37/h34-35H,1-33H2. The summed E-state index contributed by atoms with van der Waals surface area (Å²) in [5.41, 5.74) is 0. The summed E-state index contributed by atoms with van der Waals surface area (Å²) >= 11 is 0. The van der Waals surface area contributed by atoms with Crippen molar-refractivity contribution < 1.29 is 9.59 Å². The zero-order chi connectivity index (χ0) is 26.7. The molecule has 0 saturated heterocycles. The van der Waals surface area contributed by atoms with Crippen LogP contribution in [0.5, 0.6) is 0 Å². The number of aldehydes is 2. The van der Waals surface area contributed by atoms with Crippen molar-refractivity contribution in [3.05, 3.63) is 0 Å². The molecular formula is C35H68O2. The summed E-state index contributed by atoms with van der Waals surface area (Å²) in [6, 6.07) is 0. The van der Waals surface area contributed by atoms with E-state index in [9.17, 15) is 9.59 Å². The number of hydrogen-bond donors (Lipinski definition) is 0. The van der Waals surface area contributed by atoms with Gasteiger partial charge in [-0.25, -0.2) is 0 Å². The summed E-state index contributed by atoms with van der Waals surface area (Å²) in [4.78, 5) is 20.5. The van der Waals surface area contributed by atoms with Gasteiger partial charge >= 0.3 is 0 Å². The van der Waals surface area contributed by atoms with Crippen LogP contribution in [0.15, 0.2) is 0 Å². The molecule has 0 aliphatic heterocycles. The van der Waals surface area contributed by atoms with Crippen LogP contribution in [-0.2, 0) is 9.59 Å². The van der Waals surface area contributed by atoms with Crippen molar-refractivity contribution in [1.82, 2.24) is 0 Å². The molecule has 0 heterocycles. The average molecular weight is 521 g/mol. The van der Waals surface area contributed by atoms with Crippen molar-refractivity contribution in [3.63, 3.8) is 0 Å². The van der Waals surface area contributed by atoms with E-state index in [1.807, 2.05) is 0 Å². The Morgan fingerprint density at radius 2 is 0.297 bits per heavy atom. The maximum Gasteiger partial charge on any atom is 0.119 e. The van der Waals surface area contributed by atoms with Gasteiger partial charge in [-0.05, 0) is 12.8 Å². The molecule has 0 atom stereocenters. The van der Waals surface area contributed by atoms with Crippen molar-refractivity contribution in [2.45, 2.75) is 212 Å². The summed E-state index contributed by atoms with van der Waals surface area (Å²) in [7, 11) is 0. The van der Waals surface area contributed by atoms with Crippen molar-refractivity contribution in [3.8, 4) is 0 Å². The number of unbranched alkanes of at least 4 members (excludes halogenated alkanes) is 32. The highest BCUT2D eigenvalue weighted by Gasteiger charge is 1.97. The monoisotopic (exact) mass is 521 g/mol. The van der Waals surface area contributed by atoms with Crippen LogP contribution in [0.25, 0.3) is 0 Å². The minimum atomic E-state index is 0.759. The lowest BCUT2D eigenvalue weighted by atomic mass is 10.0. The molecule has 0 aromatic rings. The molecule has 37 heavy (non-hydrogen) atoms. The van der Waals surface area contributed by atoms with Crippen molar-refractivity contribution in [2.75, 3.05) is 0 Å². The predicted octanol–water partition coefficient (Wildman–Crippen LogP) is 12.3. The van der Waals surface area contributed by atoms with Gasteiger partial charge in [0.1, 0.15) is 12.6 Å². The molecule has 0 radical (unpaired) electrons. The first kappa shape index (κ1) is 36.3. The second kappa shape index (κ2) is 35.3. The van der Waals surface area contributed by atoms with Gasteiger partial charge in [-0.15, -0.1) is 0 Å². The Morgan fingerprint density at radius 1 is 0.189 bits per heavy atom. The van der Waals surface area contributed by atoms with Crippen LogP contribution in [0.1, 0.15) is 212 Å². The molecule has 0 saturated carbocycles. The molecule has 2 nitrogen and oxygen atoms in total. The number of rotatable bonds is 34. The molecule has 0 rings (SSSR count). The first-order valence-corrected chi connectivity index (χ1v) is 17.3. The van der Waals surface area contributed by atoms with Crippen LogP contribution in [0.3, 0.4) is 0 Å². The molecular weight excluding hydrogens is 452 g/mol. The Morgan fingerprint density at radius 3 is 0.405 bits per heavy atom. The van der Waals surface area contributed by atoms with Crippen molar-refractivity contribution >= 4 is 12.6 Å². The summed E-state index contributed by atoms with van der Waals surface area (Å²) in [6.45, 7) is 0. The van der Waals surface area contributed by atoms with Gasteiger partial charge in [0.05, 0.1) is 0 Å². The molecule has 0 spiro atoms. The summed E-state index contributed by atoms with van der Waals surface area (Å²) in [5, 5.41) is 0. The second-order valence-corrected chi connectivity index (χ2v) is 11.9. The predicted molar refractivity (Wildman–Crippen MR) is 164 cm³/mol. The van der Waals surface area contributed by atoms with E-state index >= 15 is 0 Å². The third kappa shape index (κ3) is 35.3. The highest BCUT2D eigenvalue weighted by atomic mass is 16.1. The molecule has 0 N–H and O–H groups in total. The minimum absolute atomic E-state index is 0.759. The van der Waals surface area contributed by atoms with E-state index in [2.05, 4.69) is 0 Å². The molecule has 0 bridgehead atoms. The maximum absolute atomic E-state index is 10.3. The normalized spacial score (nSPS) is 11.2. The molecule has 0 unspecified atom stereocenters. The number of carbonyl (C=O) groups is 2. The first-order chi connectivity index (χ1) is 18.4. The Bertz CT molecular complexity index is 381. The molecule has 2 heteroatoms. The molecule has 220 valence electrons. The quantitative estimate of drug-likeness (QED) is 0.0624. The zero-order valence-corrected chi connectivity index (χ0v) is 25.3. The molecule has 0 aliphatic carbocycles. The van der Waals surface area contributed by atoms with Gasteiger partial charge in [-0.1, -0.05) is 186 Å². The molecule has 0 aliphatic rings. The van der Waals surface area contributed by atoms with E-state index < -0.39 is 0 Å². The van der Waals surface area contributed by atoms with Gasteiger partial charge in [0, 0.05) is 12.8 Å². The fourth-order valence-corrected chi connectivity index (χ4v) is 5.58. The highest BCUT2D eigenvalue weighted by molar-refractivity contribution is 5.49. The Labute approximate surface area is 233 Å². The maximum atomic E-state index is 10.3. The molecule has 0 aromatic heterocycles. The van der Waals surface area contributed by atoms with Crippen LogP contribution in [-0.4, -0.2) is 12.6 Å². The van der Waals surface area contributed by atoms with Crippen LogP contribution < -0.4 is 0 Å². The first-order valence-electron chi connectivity index (χ1n) is 17.3. The largest absolute Gasteiger partial charge is 0.303 e. The lowest BCUT2D eigenvalue weighted by molar-refractivity contribution is -0.108. The molecule has 0 fully saturated rings. The van der Waals surface area contributed by atoms with Crippen molar-refractivity contribution in [2.24, 2.45) is 0 Å².